The van der Waals surface area contributed by atoms with Crippen molar-refractivity contribution < 1.29 is 9.59 Å². The standard InChI is InChI=1S/C17H30N2O2/c1-6-14-17(21)19(15(10(2)3)16(20)18-14)13-8-7-11(4)12(5)9-13/h10-15H,6-9H2,1-5H3,(H,18,20). The first-order valence-corrected chi connectivity index (χ1v) is 8.49. The van der Waals surface area contributed by atoms with Crippen LogP contribution in [-0.2, 0) is 9.59 Å². The summed E-state index contributed by atoms with van der Waals surface area (Å²) in [6, 6.07) is -0.399. The maximum Gasteiger partial charge on any atom is 0.246 e. The second kappa shape index (κ2) is 6.37. The molecule has 0 radical (unpaired) electrons. The van der Waals surface area contributed by atoms with Gasteiger partial charge in [0.05, 0.1) is 0 Å². The molecule has 2 rings (SSSR count). The zero-order valence-electron chi connectivity index (χ0n) is 14.1. The molecule has 0 spiro atoms. The Morgan fingerprint density at radius 1 is 1.19 bits per heavy atom. The van der Waals surface area contributed by atoms with E-state index in [9.17, 15) is 9.59 Å². The molecule has 2 amide bonds. The van der Waals surface area contributed by atoms with Crippen molar-refractivity contribution >= 4 is 11.8 Å². The van der Waals surface area contributed by atoms with E-state index < -0.39 is 0 Å². The number of carbonyl (C=O) groups is 2. The lowest BCUT2D eigenvalue weighted by atomic mass is 9.77. The van der Waals surface area contributed by atoms with Gasteiger partial charge in [0.25, 0.3) is 0 Å². The molecular formula is C17H30N2O2. The molecule has 0 aromatic carbocycles. The second-order valence-corrected chi connectivity index (χ2v) is 7.33. The van der Waals surface area contributed by atoms with Crippen LogP contribution < -0.4 is 5.32 Å². The number of hydrogen-bond donors (Lipinski definition) is 1. The Morgan fingerprint density at radius 3 is 2.38 bits per heavy atom. The van der Waals surface area contributed by atoms with Gasteiger partial charge in [0.15, 0.2) is 0 Å². The van der Waals surface area contributed by atoms with E-state index in [4.69, 9.17) is 0 Å². The summed E-state index contributed by atoms with van der Waals surface area (Å²) in [5.41, 5.74) is 0. The molecule has 2 aliphatic rings. The summed E-state index contributed by atoms with van der Waals surface area (Å²) >= 11 is 0. The molecule has 0 aromatic heterocycles. The van der Waals surface area contributed by atoms with E-state index >= 15 is 0 Å². The number of nitrogens with one attached hydrogen (secondary N) is 1. The Hall–Kier alpha value is -1.06. The van der Waals surface area contributed by atoms with Gasteiger partial charge in [-0.05, 0) is 43.4 Å². The molecule has 21 heavy (non-hydrogen) atoms. The zero-order valence-corrected chi connectivity index (χ0v) is 14.1. The van der Waals surface area contributed by atoms with Crippen molar-refractivity contribution in [1.29, 1.82) is 0 Å². The summed E-state index contributed by atoms with van der Waals surface area (Å²) in [6.45, 7) is 10.6. The first-order chi connectivity index (χ1) is 9.86. The highest BCUT2D eigenvalue weighted by atomic mass is 16.2. The van der Waals surface area contributed by atoms with Gasteiger partial charge in [-0.2, -0.15) is 0 Å². The van der Waals surface area contributed by atoms with Crippen LogP contribution in [0.3, 0.4) is 0 Å². The third-order valence-electron chi connectivity index (χ3n) is 5.44. The molecule has 5 atom stereocenters. The Labute approximate surface area is 128 Å². The summed E-state index contributed by atoms with van der Waals surface area (Å²) < 4.78 is 0. The third kappa shape index (κ3) is 3.09. The molecule has 1 aliphatic carbocycles. The summed E-state index contributed by atoms with van der Waals surface area (Å²) in [6.07, 6.45) is 3.88. The van der Waals surface area contributed by atoms with Gasteiger partial charge < -0.3 is 10.2 Å². The number of amides is 2. The molecule has 4 nitrogen and oxygen atoms in total. The van der Waals surface area contributed by atoms with Crippen molar-refractivity contribution in [3.8, 4) is 0 Å². The molecule has 1 saturated heterocycles. The van der Waals surface area contributed by atoms with Crippen LogP contribution >= 0.6 is 0 Å². The third-order valence-corrected chi connectivity index (χ3v) is 5.44. The average molecular weight is 294 g/mol. The highest BCUT2D eigenvalue weighted by Gasteiger charge is 2.45. The van der Waals surface area contributed by atoms with Crippen molar-refractivity contribution in [3.63, 3.8) is 0 Å². The smallest absolute Gasteiger partial charge is 0.246 e. The minimum atomic E-state index is -0.331. The Kier molecular flexibility index (Phi) is 4.95. The average Bonchev–Trinajstić information content (AvgIpc) is 2.43. The lowest BCUT2D eigenvalue weighted by molar-refractivity contribution is -0.155. The van der Waals surface area contributed by atoms with E-state index in [1.807, 2.05) is 25.7 Å². The van der Waals surface area contributed by atoms with Crippen LogP contribution in [0.4, 0.5) is 0 Å². The van der Waals surface area contributed by atoms with Gasteiger partial charge in [0.1, 0.15) is 12.1 Å². The maximum atomic E-state index is 12.8. The van der Waals surface area contributed by atoms with E-state index in [-0.39, 0.29) is 35.9 Å². The second-order valence-electron chi connectivity index (χ2n) is 7.33. The summed E-state index contributed by atoms with van der Waals surface area (Å²) in [7, 11) is 0. The molecule has 0 bridgehead atoms. The number of piperazine rings is 1. The van der Waals surface area contributed by atoms with Crippen LogP contribution in [0.2, 0.25) is 0 Å². The van der Waals surface area contributed by atoms with Crippen molar-refractivity contribution in [1.82, 2.24) is 10.2 Å². The topological polar surface area (TPSA) is 49.4 Å². The van der Waals surface area contributed by atoms with E-state index in [1.54, 1.807) is 0 Å². The van der Waals surface area contributed by atoms with E-state index in [2.05, 4.69) is 19.2 Å². The number of hydrogen-bond acceptors (Lipinski definition) is 2. The van der Waals surface area contributed by atoms with Crippen LogP contribution in [0.15, 0.2) is 0 Å². The largest absolute Gasteiger partial charge is 0.343 e. The molecule has 1 heterocycles. The molecule has 0 aromatic rings. The van der Waals surface area contributed by atoms with Gasteiger partial charge >= 0.3 is 0 Å². The lowest BCUT2D eigenvalue weighted by Gasteiger charge is -2.47. The quantitative estimate of drug-likeness (QED) is 0.869. The molecule has 120 valence electrons. The Balaban J connectivity index is 2.26. The fourth-order valence-corrected chi connectivity index (χ4v) is 3.84. The SMILES string of the molecule is CCC1NC(=O)C(C(C)C)N(C2CCC(C)C(C)C2)C1=O. The monoisotopic (exact) mass is 294 g/mol. The van der Waals surface area contributed by atoms with Crippen molar-refractivity contribution in [2.75, 3.05) is 0 Å². The van der Waals surface area contributed by atoms with Crippen LogP contribution in [0.25, 0.3) is 0 Å². The highest BCUT2D eigenvalue weighted by Crippen LogP contribution is 2.35. The minimum absolute atomic E-state index is 0.0303. The first kappa shape index (κ1) is 16.3. The number of carbonyl (C=O) groups excluding carboxylic acids is 2. The fraction of sp³-hybridized carbons (Fsp3) is 0.882. The van der Waals surface area contributed by atoms with Gasteiger partial charge in [-0.1, -0.05) is 34.6 Å². The molecule has 2 fully saturated rings. The summed E-state index contributed by atoms with van der Waals surface area (Å²) in [5.74, 6) is 1.65. The predicted molar refractivity (Wildman–Crippen MR) is 83.7 cm³/mol. The fourth-order valence-electron chi connectivity index (χ4n) is 3.84. The van der Waals surface area contributed by atoms with Gasteiger partial charge in [-0.3, -0.25) is 9.59 Å². The molecule has 1 N–H and O–H groups in total. The van der Waals surface area contributed by atoms with E-state index in [0.717, 1.165) is 25.2 Å². The van der Waals surface area contributed by atoms with Gasteiger partial charge in [0, 0.05) is 6.04 Å². The van der Waals surface area contributed by atoms with Crippen LogP contribution in [0, 0.1) is 17.8 Å². The minimum Gasteiger partial charge on any atom is -0.343 e. The van der Waals surface area contributed by atoms with E-state index in [0.29, 0.717) is 12.3 Å². The molecule has 4 heteroatoms. The first-order valence-electron chi connectivity index (χ1n) is 8.49. The van der Waals surface area contributed by atoms with Crippen LogP contribution in [0.5, 0.6) is 0 Å². The maximum absolute atomic E-state index is 12.8. The zero-order chi connectivity index (χ0) is 15.7. The highest BCUT2D eigenvalue weighted by molar-refractivity contribution is 5.97. The molecule has 1 saturated carbocycles. The van der Waals surface area contributed by atoms with Gasteiger partial charge in [-0.15, -0.1) is 0 Å². The molecule has 1 aliphatic heterocycles. The van der Waals surface area contributed by atoms with Crippen molar-refractivity contribution in [2.24, 2.45) is 17.8 Å². The summed E-state index contributed by atoms with van der Waals surface area (Å²) in [5, 5.41) is 2.91. The lowest BCUT2D eigenvalue weighted by Crippen LogP contribution is -2.67. The summed E-state index contributed by atoms with van der Waals surface area (Å²) in [4.78, 5) is 27.2. The normalized spacial score (nSPS) is 37.8. The molecule has 5 unspecified atom stereocenters. The van der Waals surface area contributed by atoms with Crippen LogP contribution in [0.1, 0.15) is 60.3 Å². The van der Waals surface area contributed by atoms with Crippen molar-refractivity contribution in [2.45, 2.75) is 78.4 Å². The van der Waals surface area contributed by atoms with Crippen LogP contribution in [-0.4, -0.2) is 34.8 Å². The van der Waals surface area contributed by atoms with E-state index in [1.165, 1.54) is 0 Å². The predicted octanol–water partition coefficient (Wildman–Crippen LogP) is 2.57. The molecular weight excluding hydrogens is 264 g/mol. The van der Waals surface area contributed by atoms with Gasteiger partial charge in [-0.25, -0.2) is 0 Å². The van der Waals surface area contributed by atoms with Crippen molar-refractivity contribution in [3.05, 3.63) is 0 Å². The number of nitrogens with zero attached hydrogens (tertiary/aromatic N) is 1. The Morgan fingerprint density at radius 2 is 1.86 bits per heavy atom. The van der Waals surface area contributed by atoms with Gasteiger partial charge in [0.2, 0.25) is 11.8 Å². The number of rotatable bonds is 3. The Bertz CT molecular complexity index is 408.